The number of esters is 3. The summed E-state index contributed by atoms with van der Waals surface area (Å²) in [6.45, 7) is 6.68. The quantitative estimate of drug-likeness (QED) is 0.0261. The van der Waals surface area contributed by atoms with Crippen LogP contribution in [0, 0.1) is 0 Å². The molecule has 0 N–H and O–H groups in total. The van der Waals surface area contributed by atoms with Crippen molar-refractivity contribution in [2.24, 2.45) is 0 Å². The summed E-state index contributed by atoms with van der Waals surface area (Å²) in [6, 6.07) is 0. The van der Waals surface area contributed by atoms with Gasteiger partial charge in [-0.2, -0.15) is 0 Å². The maximum atomic E-state index is 12.9. The smallest absolute Gasteiger partial charge is 0.306 e. The Bertz CT molecular complexity index is 1320. The normalized spacial score (nSPS) is 12.2. The molecule has 0 aromatic carbocycles. The number of unbranched alkanes of at least 4 members (excludes halogenated alkanes) is 49. The molecule has 1 atom stereocenters. The molecule has 79 heavy (non-hydrogen) atoms. The van der Waals surface area contributed by atoms with Crippen molar-refractivity contribution in [2.45, 2.75) is 399 Å². The van der Waals surface area contributed by atoms with Gasteiger partial charge in [-0.1, -0.05) is 333 Å². The SMILES string of the molecule is CCCCCCC/C=C\C/C=C\CCCCCCCCCCCC(=O)OC(COC(=O)CCCCCCC/C=C\CCCCCCC)COC(=O)CCCCCCCCCCCCCCCCCCCCCCCCCCCC. The molecule has 0 saturated carbocycles. The van der Waals surface area contributed by atoms with E-state index >= 15 is 0 Å². The van der Waals surface area contributed by atoms with Crippen molar-refractivity contribution < 1.29 is 28.6 Å². The van der Waals surface area contributed by atoms with E-state index in [0.29, 0.717) is 19.3 Å². The molecule has 0 amide bonds. The van der Waals surface area contributed by atoms with Crippen LogP contribution in [0.15, 0.2) is 36.5 Å². The van der Waals surface area contributed by atoms with Gasteiger partial charge in [0.25, 0.3) is 0 Å². The zero-order chi connectivity index (χ0) is 57.1. The van der Waals surface area contributed by atoms with Gasteiger partial charge in [0.1, 0.15) is 13.2 Å². The summed E-state index contributed by atoms with van der Waals surface area (Å²) < 4.78 is 17.0. The molecule has 0 heterocycles. The molecule has 0 spiro atoms. The third-order valence-corrected chi connectivity index (χ3v) is 16.1. The third-order valence-electron chi connectivity index (χ3n) is 16.1. The van der Waals surface area contributed by atoms with Crippen LogP contribution in [-0.2, 0) is 28.6 Å². The summed E-state index contributed by atoms with van der Waals surface area (Å²) in [5.41, 5.74) is 0. The minimum absolute atomic E-state index is 0.0719. The molecule has 0 fully saturated rings. The molecule has 0 aliphatic rings. The predicted molar refractivity (Wildman–Crippen MR) is 344 cm³/mol. The van der Waals surface area contributed by atoms with E-state index in [1.807, 2.05) is 0 Å². The topological polar surface area (TPSA) is 78.9 Å². The Morgan fingerprint density at radius 2 is 0.456 bits per heavy atom. The van der Waals surface area contributed by atoms with Crippen molar-refractivity contribution in [2.75, 3.05) is 13.2 Å². The number of ether oxygens (including phenoxy) is 3. The first kappa shape index (κ1) is 76.6. The molecule has 464 valence electrons. The maximum absolute atomic E-state index is 12.9. The number of rotatable bonds is 66. The van der Waals surface area contributed by atoms with Crippen molar-refractivity contribution in [3.63, 3.8) is 0 Å². The molecule has 6 nitrogen and oxygen atoms in total. The molecular weight excluding hydrogens is 973 g/mol. The third kappa shape index (κ3) is 66.3. The van der Waals surface area contributed by atoms with Crippen LogP contribution < -0.4 is 0 Å². The summed E-state index contributed by atoms with van der Waals surface area (Å²) in [5.74, 6) is -0.857. The van der Waals surface area contributed by atoms with Gasteiger partial charge in [-0.3, -0.25) is 14.4 Å². The molecule has 0 aliphatic heterocycles. The highest BCUT2D eigenvalue weighted by molar-refractivity contribution is 5.71. The lowest BCUT2D eigenvalue weighted by Gasteiger charge is -2.18. The van der Waals surface area contributed by atoms with Crippen LogP contribution >= 0.6 is 0 Å². The average molecular weight is 1110 g/mol. The van der Waals surface area contributed by atoms with Gasteiger partial charge in [0.05, 0.1) is 0 Å². The van der Waals surface area contributed by atoms with Gasteiger partial charge >= 0.3 is 17.9 Å². The van der Waals surface area contributed by atoms with E-state index in [9.17, 15) is 14.4 Å². The van der Waals surface area contributed by atoms with Gasteiger partial charge in [-0.15, -0.1) is 0 Å². The van der Waals surface area contributed by atoms with E-state index in [0.717, 1.165) is 70.6 Å². The molecule has 0 bridgehead atoms. The van der Waals surface area contributed by atoms with Crippen LogP contribution in [0.4, 0.5) is 0 Å². The van der Waals surface area contributed by atoms with Crippen molar-refractivity contribution in [3.8, 4) is 0 Å². The van der Waals surface area contributed by atoms with Crippen LogP contribution in [0.1, 0.15) is 393 Å². The van der Waals surface area contributed by atoms with E-state index in [1.54, 1.807) is 0 Å². The lowest BCUT2D eigenvalue weighted by molar-refractivity contribution is -0.167. The predicted octanol–water partition coefficient (Wildman–Crippen LogP) is 24.3. The van der Waals surface area contributed by atoms with Crippen LogP contribution in [0.2, 0.25) is 0 Å². The first-order valence-electron chi connectivity index (χ1n) is 35.5. The minimum Gasteiger partial charge on any atom is -0.462 e. The fourth-order valence-electron chi connectivity index (χ4n) is 10.8. The number of allylic oxidation sites excluding steroid dienone is 6. The van der Waals surface area contributed by atoms with Crippen molar-refractivity contribution >= 4 is 17.9 Å². The van der Waals surface area contributed by atoms with Gasteiger partial charge < -0.3 is 14.2 Å². The van der Waals surface area contributed by atoms with Crippen LogP contribution in [0.3, 0.4) is 0 Å². The van der Waals surface area contributed by atoms with E-state index in [1.165, 1.54) is 283 Å². The van der Waals surface area contributed by atoms with Crippen molar-refractivity contribution in [1.29, 1.82) is 0 Å². The summed E-state index contributed by atoms with van der Waals surface area (Å²) >= 11 is 0. The Kier molecular flexibility index (Phi) is 66.1. The highest BCUT2D eigenvalue weighted by atomic mass is 16.6. The summed E-state index contributed by atoms with van der Waals surface area (Å²) in [4.78, 5) is 38.4. The van der Waals surface area contributed by atoms with Gasteiger partial charge in [-0.05, 0) is 77.0 Å². The van der Waals surface area contributed by atoms with Gasteiger partial charge in [-0.25, -0.2) is 0 Å². The second kappa shape index (κ2) is 68.1. The number of hydrogen-bond acceptors (Lipinski definition) is 6. The Balaban J connectivity index is 4.24. The second-order valence-electron chi connectivity index (χ2n) is 24.1. The Morgan fingerprint density at radius 3 is 0.709 bits per heavy atom. The van der Waals surface area contributed by atoms with Crippen LogP contribution in [0.5, 0.6) is 0 Å². The Morgan fingerprint density at radius 1 is 0.253 bits per heavy atom. The maximum Gasteiger partial charge on any atom is 0.306 e. The van der Waals surface area contributed by atoms with E-state index in [-0.39, 0.29) is 31.1 Å². The number of carbonyl (C=O) groups is 3. The molecule has 1 unspecified atom stereocenters. The molecule has 0 aliphatic carbocycles. The number of carbonyl (C=O) groups excluding carboxylic acids is 3. The average Bonchev–Trinajstić information content (AvgIpc) is 3.45. The van der Waals surface area contributed by atoms with Crippen molar-refractivity contribution in [3.05, 3.63) is 36.5 Å². The number of hydrogen-bond donors (Lipinski definition) is 0. The standard InChI is InChI=1S/C73H136O6/c1-4-7-10-13-16-19-22-25-28-30-32-34-35-36-37-38-40-41-43-45-48-51-54-57-60-63-66-72(75)78-69-70(68-77-71(74)65-62-59-56-53-50-47-27-24-21-18-15-12-9-6-3)79-73(76)67-64-61-58-55-52-49-46-44-42-39-33-31-29-26-23-20-17-14-11-8-5-2/h23-24,26-27,31,33,70H,4-22,25,28-30,32,34-69H2,1-3H3/b26-23-,27-24-,33-31-. The highest BCUT2D eigenvalue weighted by Gasteiger charge is 2.19. The monoisotopic (exact) mass is 1110 g/mol. The summed E-state index contributed by atoms with van der Waals surface area (Å²) in [6.07, 6.45) is 84.6. The molecular formula is C73H136O6. The lowest BCUT2D eigenvalue weighted by Crippen LogP contribution is -2.30. The highest BCUT2D eigenvalue weighted by Crippen LogP contribution is 2.18. The van der Waals surface area contributed by atoms with Crippen LogP contribution in [0.25, 0.3) is 0 Å². The van der Waals surface area contributed by atoms with E-state index in [4.69, 9.17) is 14.2 Å². The Labute approximate surface area is 493 Å². The molecule has 6 heteroatoms. The zero-order valence-electron chi connectivity index (χ0n) is 53.4. The minimum atomic E-state index is -0.777. The van der Waals surface area contributed by atoms with Crippen LogP contribution in [-0.4, -0.2) is 37.2 Å². The van der Waals surface area contributed by atoms with E-state index < -0.39 is 6.10 Å². The molecule has 0 rings (SSSR count). The molecule has 0 aromatic heterocycles. The molecule has 0 radical (unpaired) electrons. The first-order valence-corrected chi connectivity index (χ1v) is 35.5. The van der Waals surface area contributed by atoms with Gasteiger partial charge in [0.15, 0.2) is 6.10 Å². The largest absolute Gasteiger partial charge is 0.462 e. The lowest BCUT2D eigenvalue weighted by atomic mass is 10.0. The van der Waals surface area contributed by atoms with E-state index in [2.05, 4.69) is 57.2 Å². The molecule has 0 saturated heterocycles. The summed E-state index contributed by atoms with van der Waals surface area (Å²) in [5, 5.41) is 0. The summed E-state index contributed by atoms with van der Waals surface area (Å²) in [7, 11) is 0. The fraction of sp³-hybridized carbons (Fsp3) is 0.877. The van der Waals surface area contributed by atoms with Gasteiger partial charge in [0.2, 0.25) is 0 Å². The van der Waals surface area contributed by atoms with Gasteiger partial charge in [0, 0.05) is 19.3 Å². The Hall–Kier alpha value is -2.37. The second-order valence-corrected chi connectivity index (χ2v) is 24.1. The zero-order valence-corrected chi connectivity index (χ0v) is 53.4. The molecule has 0 aromatic rings. The van der Waals surface area contributed by atoms with Crippen molar-refractivity contribution in [1.82, 2.24) is 0 Å². The first-order chi connectivity index (χ1) is 39.0. The fourth-order valence-corrected chi connectivity index (χ4v) is 10.8.